The van der Waals surface area contributed by atoms with Gasteiger partial charge in [0.1, 0.15) is 17.5 Å². The highest BCUT2D eigenvalue weighted by Crippen LogP contribution is 2.26. The van der Waals surface area contributed by atoms with Crippen molar-refractivity contribution in [3.05, 3.63) is 77.1 Å². The van der Waals surface area contributed by atoms with Crippen LogP contribution < -0.4 is 5.32 Å². The van der Waals surface area contributed by atoms with Crippen molar-refractivity contribution in [3.8, 4) is 11.3 Å². The van der Waals surface area contributed by atoms with Crippen molar-refractivity contribution in [3.63, 3.8) is 0 Å². The minimum absolute atomic E-state index is 0.0252. The average molecular weight is 374 g/mol. The summed E-state index contributed by atoms with van der Waals surface area (Å²) in [5, 5.41) is 2.72. The van der Waals surface area contributed by atoms with Crippen LogP contribution >= 0.6 is 0 Å². The molecule has 0 atom stereocenters. The summed E-state index contributed by atoms with van der Waals surface area (Å²) < 4.78 is 46.1. The summed E-state index contributed by atoms with van der Waals surface area (Å²) in [6.45, 7) is 1.93. The molecule has 0 radical (unpaired) electrons. The van der Waals surface area contributed by atoms with Crippen LogP contribution in [0.2, 0.25) is 0 Å². The number of aryl methyl sites for hydroxylation is 2. The number of amides is 1. The third-order valence-electron chi connectivity index (χ3n) is 4.04. The number of halogens is 3. The molecule has 0 spiro atoms. The number of carbonyl (C=O) groups excluding carboxylic acids is 1. The van der Waals surface area contributed by atoms with Crippen LogP contribution in [0.1, 0.15) is 23.4 Å². The van der Waals surface area contributed by atoms with Gasteiger partial charge in [-0.05, 0) is 36.2 Å². The molecule has 2 aromatic carbocycles. The molecule has 140 valence electrons. The van der Waals surface area contributed by atoms with E-state index in [0.29, 0.717) is 5.56 Å². The van der Waals surface area contributed by atoms with Gasteiger partial charge in [0.05, 0.1) is 11.8 Å². The first-order valence-corrected chi connectivity index (χ1v) is 8.35. The highest BCUT2D eigenvalue weighted by molar-refractivity contribution is 5.76. The second-order valence-electron chi connectivity index (χ2n) is 6.08. The maximum Gasteiger partial charge on any atom is 0.220 e. The largest absolute Gasteiger partial charge is 0.441 e. The zero-order valence-electron chi connectivity index (χ0n) is 14.6. The third kappa shape index (κ3) is 4.55. The van der Waals surface area contributed by atoms with Crippen LogP contribution in [0.15, 0.2) is 47.0 Å². The normalized spacial score (nSPS) is 10.8. The number of nitrogens with zero attached hydrogens (tertiary/aromatic N) is 1. The number of nitrogens with one attached hydrogen (secondary N) is 1. The Morgan fingerprint density at radius 1 is 1.11 bits per heavy atom. The fourth-order valence-corrected chi connectivity index (χ4v) is 2.60. The van der Waals surface area contributed by atoms with Crippen LogP contribution in [0, 0.1) is 24.4 Å². The Morgan fingerprint density at radius 2 is 1.85 bits per heavy atom. The molecule has 1 aromatic heterocycles. The highest BCUT2D eigenvalue weighted by Gasteiger charge is 2.16. The van der Waals surface area contributed by atoms with Gasteiger partial charge in [-0.25, -0.2) is 18.2 Å². The number of rotatable bonds is 6. The highest BCUT2D eigenvalue weighted by atomic mass is 19.1. The zero-order valence-corrected chi connectivity index (χ0v) is 14.6. The molecule has 0 fully saturated rings. The molecule has 4 nitrogen and oxygen atoms in total. The van der Waals surface area contributed by atoms with E-state index in [9.17, 15) is 18.0 Å². The van der Waals surface area contributed by atoms with E-state index < -0.39 is 11.6 Å². The molecule has 27 heavy (non-hydrogen) atoms. The summed E-state index contributed by atoms with van der Waals surface area (Å²) >= 11 is 0. The van der Waals surface area contributed by atoms with Gasteiger partial charge in [-0.1, -0.05) is 18.2 Å². The van der Waals surface area contributed by atoms with E-state index in [-0.39, 0.29) is 48.3 Å². The minimum Gasteiger partial charge on any atom is -0.441 e. The molecular formula is C20H17F3N2O2. The van der Waals surface area contributed by atoms with E-state index in [0.717, 1.165) is 17.7 Å². The van der Waals surface area contributed by atoms with Crippen LogP contribution in [-0.4, -0.2) is 10.9 Å². The van der Waals surface area contributed by atoms with E-state index in [1.807, 2.05) is 0 Å². The van der Waals surface area contributed by atoms with Gasteiger partial charge in [0.15, 0.2) is 11.7 Å². The Hall–Kier alpha value is -3.09. The lowest BCUT2D eigenvalue weighted by atomic mass is 10.1. The predicted molar refractivity (Wildman–Crippen MR) is 93.2 cm³/mol. The van der Waals surface area contributed by atoms with Gasteiger partial charge >= 0.3 is 0 Å². The Labute approximate surface area is 154 Å². The van der Waals surface area contributed by atoms with Gasteiger partial charge < -0.3 is 9.73 Å². The van der Waals surface area contributed by atoms with Crippen LogP contribution in [0.5, 0.6) is 0 Å². The molecule has 1 heterocycles. The van der Waals surface area contributed by atoms with Crippen LogP contribution in [-0.2, 0) is 17.8 Å². The molecule has 0 unspecified atom stereocenters. The topological polar surface area (TPSA) is 55.1 Å². The Bertz CT molecular complexity index is 949. The van der Waals surface area contributed by atoms with Gasteiger partial charge in [-0.3, -0.25) is 4.79 Å². The molecule has 0 aliphatic heterocycles. The van der Waals surface area contributed by atoms with Crippen molar-refractivity contribution >= 4 is 5.91 Å². The van der Waals surface area contributed by atoms with Crippen LogP contribution in [0.3, 0.4) is 0 Å². The Balaban J connectivity index is 1.55. The number of oxazole rings is 1. The molecule has 1 amide bonds. The first kappa shape index (κ1) is 18.7. The summed E-state index contributed by atoms with van der Waals surface area (Å²) in [6.07, 6.45) is 1.51. The van der Waals surface area contributed by atoms with Crippen molar-refractivity contribution in [2.75, 3.05) is 0 Å². The van der Waals surface area contributed by atoms with E-state index in [4.69, 9.17) is 4.42 Å². The molecule has 0 bridgehead atoms. The van der Waals surface area contributed by atoms with E-state index >= 15 is 0 Å². The molecular weight excluding hydrogens is 357 g/mol. The monoisotopic (exact) mass is 374 g/mol. The molecule has 3 rings (SSSR count). The summed E-state index contributed by atoms with van der Waals surface area (Å²) in [5.74, 6) is -1.84. The lowest BCUT2D eigenvalue weighted by Gasteiger charge is -2.06. The molecule has 0 aliphatic rings. The molecule has 0 saturated carbocycles. The van der Waals surface area contributed by atoms with Crippen molar-refractivity contribution in [2.45, 2.75) is 26.3 Å². The van der Waals surface area contributed by atoms with Crippen molar-refractivity contribution < 1.29 is 22.4 Å². The maximum absolute atomic E-state index is 13.8. The molecule has 3 aromatic rings. The number of carbonyl (C=O) groups is 1. The van der Waals surface area contributed by atoms with Crippen LogP contribution in [0.25, 0.3) is 11.3 Å². The smallest absolute Gasteiger partial charge is 0.220 e. The van der Waals surface area contributed by atoms with Gasteiger partial charge in [-0.15, -0.1) is 0 Å². The van der Waals surface area contributed by atoms with Gasteiger partial charge in [0, 0.05) is 19.4 Å². The van der Waals surface area contributed by atoms with Crippen LogP contribution in [0.4, 0.5) is 13.2 Å². The SMILES string of the molecule is Cc1cc(CNC(=O)CCc2ncc(-c3c(F)cccc3F)o2)ccc1F. The lowest BCUT2D eigenvalue weighted by molar-refractivity contribution is -0.121. The Morgan fingerprint density at radius 3 is 2.56 bits per heavy atom. The predicted octanol–water partition coefficient (Wildman–Crippen LogP) is 4.32. The molecule has 1 N–H and O–H groups in total. The van der Waals surface area contributed by atoms with Crippen molar-refractivity contribution in [1.82, 2.24) is 10.3 Å². The molecule has 0 saturated heterocycles. The van der Waals surface area contributed by atoms with E-state index in [2.05, 4.69) is 10.3 Å². The standard InChI is InChI=1S/C20H17F3N2O2/c1-12-9-13(5-6-14(12)21)10-24-18(26)7-8-19-25-11-17(27-19)20-15(22)3-2-4-16(20)23/h2-6,9,11H,7-8,10H2,1H3,(H,24,26). The van der Waals surface area contributed by atoms with Crippen molar-refractivity contribution in [2.24, 2.45) is 0 Å². The Kier molecular flexibility index (Phi) is 5.59. The fourth-order valence-electron chi connectivity index (χ4n) is 2.60. The first-order chi connectivity index (χ1) is 12.9. The third-order valence-corrected chi connectivity index (χ3v) is 4.04. The summed E-state index contributed by atoms with van der Waals surface area (Å²) in [6, 6.07) is 8.15. The number of hydrogen-bond donors (Lipinski definition) is 1. The first-order valence-electron chi connectivity index (χ1n) is 8.35. The average Bonchev–Trinajstić information content (AvgIpc) is 3.09. The van der Waals surface area contributed by atoms with Gasteiger partial charge in [0.2, 0.25) is 5.91 Å². The number of aromatic nitrogens is 1. The van der Waals surface area contributed by atoms with Gasteiger partial charge in [-0.2, -0.15) is 0 Å². The number of benzene rings is 2. The summed E-state index contributed by atoms with van der Waals surface area (Å²) in [7, 11) is 0. The second kappa shape index (κ2) is 8.07. The number of hydrogen-bond acceptors (Lipinski definition) is 3. The minimum atomic E-state index is -0.745. The molecule has 7 heteroatoms. The lowest BCUT2D eigenvalue weighted by Crippen LogP contribution is -2.23. The summed E-state index contributed by atoms with van der Waals surface area (Å²) in [4.78, 5) is 15.9. The molecule has 0 aliphatic carbocycles. The fraction of sp³-hybridized carbons (Fsp3) is 0.200. The van der Waals surface area contributed by atoms with E-state index in [1.54, 1.807) is 19.1 Å². The van der Waals surface area contributed by atoms with Gasteiger partial charge in [0.25, 0.3) is 0 Å². The maximum atomic E-state index is 13.8. The van der Waals surface area contributed by atoms with E-state index in [1.165, 1.54) is 18.3 Å². The quantitative estimate of drug-likeness (QED) is 0.699. The zero-order chi connectivity index (χ0) is 19.4. The summed E-state index contributed by atoms with van der Waals surface area (Å²) in [5.41, 5.74) is 1.01. The second-order valence-corrected chi connectivity index (χ2v) is 6.08. The van der Waals surface area contributed by atoms with Crippen molar-refractivity contribution in [1.29, 1.82) is 0 Å².